The molecule has 0 spiro atoms. The minimum atomic E-state index is 0.238. The molecule has 1 heterocycles. The highest BCUT2D eigenvalue weighted by atomic mass is 15.0. The van der Waals surface area contributed by atoms with Crippen LogP contribution in [0.5, 0.6) is 0 Å². The Morgan fingerprint density at radius 1 is 1.25 bits per heavy atom. The third-order valence-electron chi connectivity index (χ3n) is 3.16. The standard InChI is InChI=1S/C14H26N2/c1-11-10-13(12(2)16(11)6)8-7-9-15-14(3,4)5/h10,15H,7-9H2,1-6H3. The number of nitrogens with one attached hydrogen (secondary N) is 1. The van der Waals surface area contributed by atoms with E-state index in [-0.39, 0.29) is 5.54 Å². The van der Waals surface area contributed by atoms with Gasteiger partial charge in [0.05, 0.1) is 0 Å². The summed E-state index contributed by atoms with van der Waals surface area (Å²) in [4.78, 5) is 0. The van der Waals surface area contributed by atoms with Crippen molar-refractivity contribution < 1.29 is 0 Å². The van der Waals surface area contributed by atoms with Crippen molar-refractivity contribution in [1.29, 1.82) is 0 Å². The molecule has 0 amide bonds. The lowest BCUT2D eigenvalue weighted by molar-refractivity contribution is 0.422. The Morgan fingerprint density at radius 2 is 1.88 bits per heavy atom. The summed E-state index contributed by atoms with van der Waals surface area (Å²) in [5.41, 5.74) is 4.50. The van der Waals surface area contributed by atoms with Gasteiger partial charge in [0.1, 0.15) is 0 Å². The van der Waals surface area contributed by atoms with Gasteiger partial charge in [-0.2, -0.15) is 0 Å². The van der Waals surface area contributed by atoms with Crippen LogP contribution in [0, 0.1) is 13.8 Å². The van der Waals surface area contributed by atoms with Crippen LogP contribution in [-0.4, -0.2) is 16.7 Å². The van der Waals surface area contributed by atoms with Crippen molar-refractivity contribution in [2.45, 2.75) is 53.0 Å². The molecule has 0 radical (unpaired) electrons. The lowest BCUT2D eigenvalue weighted by atomic mass is 10.1. The van der Waals surface area contributed by atoms with Gasteiger partial charge in [0.2, 0.25) is 0 Å². The number of rotatable bonds is 4. The van der Waals surface area contributed by atoms with E-state index in [1.165, 1.54) is 29.8 Å². The van der Waals surface area contributed by atoms with Crippen LogP contribution in [0.2, 0.25) is 0 Å². The van der Waals surface area contributed by atoms with Crippen molar-refractivity contribution in [3.63, 3.8) is 0 Å². The van der Waals surface area contributed by atoms with Crippen LogP contribution in [0.1, 0.15) is 44.1 Å². The maximum atomic E-state index is 3.53. The molecule has 1 aromatic heterocycles. The monoisotopic (exact) mass is 222 g/mol. The molecule has 1 rings (SSSR count). The van der Waals surface area contributed by atoms with Gasteiger partial charge in [0, 0.05) is 24.0 Å². The van der Waals surface area contributed by atoms with Crippen molar-refractivity contribution in [3.8, 4) is 0 Å². The Morgan fingerprint density at radius 3 is 2.31 bits per heavy atom. The molecule has 1 aromatic rings. The zero-order chi connectivity index (χ0) is 12.3. The first kappa shape index (κ1) is 13.3. The van der Waals surface area contributed by atoms with Gasteiger partial charge in [0.25, 0.3) is 0 Å². The van der Waals surface area contributed by atoms with Crippen LogP contribution in [0.15, 0.2) is 6.07 Å². The predicted molar refractivity (Wildman–Crippen MR) is 71.0 cm³/mol. The molecule has 0 aliphatic carbocycles. The first-order valence-electron chi connectivity index (χ1n) is 6.18. The molecule has 0 aliphatic heterocycles. The van der Waals surface area contributed by atoms with E-state index >= 15 is 0 Å². The van der Waals surface area contributed by atoms with Gasteiger partial charge in [-0.05, 0) is 65.6 Å². The maximum absolute atomic E-state index is 3.53. The van der Waals surface area contributed by atoms with E-state index in [2.05, 4.69) is 57.6 Å². The van der Waals surface area contributed by atoms with Crippen LogP contribution >= 0.6 is 0 Å². The van der Waals surface area contributed by atoms with Gasteiger partial charge >= 0.3 is 0 Å². The Balaban J connectivity index is 2.41. The van der Waals surface area contributed by atoms with E-state index in [0.717, 1.165) is 6.54 Å². The predicted octanol–water partition coefficient (Wildman–Crippen LogP) is 2.96. The van der Waals surface area contributed by atoms with E-state index in [1.54, 1.807) is 0 Å². The lowest BCUT2D eigenvalue weighted by Gasteiger charge is -2.20. The van der Waals surface area contributed by atoms with Gasteiger partial charge < -0.3 is 9.88 Å². The average molecular weight is 222 g/mol. The summed E-state index contributed by atoms with van der Waals surface area (Å²) in [6.07, 6.45) is 2.39. The van der Waals surface area contributed by atoms with Crippen molar-refractivity contribution in [1.82, 2.24) is 9.88 Å². The molecule has 0 unspecified atom stereocenters. The lowest BCUT2D eigenvalue weighted by Crippen LogP contribution is -2.36. The Labute approximate surface area is 100 Å². The molecule has 2 heteroatoms. The highest BCUT2D eigenvalue weighted by Gasteiger charge is 2.09. The summed E-state index contributed by atoms with van der Waals surface area (Å²) in [6.45, 7) is 12.1. The maximum Gasteiger partial charge on any atom is 0.0175 e. The van der Waals surface area contributed by atoms with Gasteiger partial charge in [-0.15, -0.1) is 0 Å². The minimum absolute atomic E-state index is 0.238. The number of nitrogens with zero attached hydrogens (tertiary/aromatic N) is 1. The summed E-state index contributed by atoms with van der Waals surface area (Å²) in [7, 11) is 2.14. The number of aromatic nitrogens is 1. The van der Waals surface area contributed by atoms with Crippen molar-refractivity contribution >= 4 is 0 Å². The number of hydrogen-bond acceptors (Lipinski definition) is 1. The average Bonchev–Trinajstić information content (AvgIpc) is 2.40. The van der Waals surface area contributed by atoms with Gasteiger partial charge in [-0.1, -0.05) is 0 Å². The largest absolute Gasteiger partial charge is 0.352 e. The van der Waals surface area contributed by atoms with Gasteiger partial charge in [-0.25, -0.2) is 0 Å². The quantitative estimate of drug-likeness (QED) is 0.775. The van der Waals surface area contributed by atoms with Crippen LogP contribution < -0.4 is 5.32 Å². The SMILES string of the molecule is Cc1cc(CCCNC(C)(C)C)c(C)n1C. The van der Waals surface area contributed by atoms with E-state index in [9.17, 15) is 0 Å². The molecule has 0 atom stereocenters. The molecular weight excluding hydrogens is 196 g/mol. The summed E-state index contributed by atoms with van der Waals surface area (Å²) >= 11 is 0. The molecular formula is C14H26N2. The fraction of sp³-hybridized carbons (Fsp3) is 0.714. The van der Waals surface area contributed by atoms with E-state index in [1.807, 2.05) is 0 Å². The highest BCUT2D eigenvalue weighted by Crippen LogP contribution is 2.14. The molecule has 0 saturated carbocycles. The zero-order valence-electron chi connectivity index (χ0n) is 11.6. The zero-order valence-corrected chi connectivity index (χ0v) is 11.6. The Bertz CT molecular complexity index is 342. The molecule has 92 valence electrons. The van der Waals surface area contributed by atoms with Crippen LogP contribution in [0.25, 0.3) is 0 Å². The highest BCUT2D eigenvalue weighted by molar-refractivity contribution is 5.26. The summed E-state index contributed by atoms with van der Waals surface area (Å²) in [5.74, 6) is 0. The topological polar surface area (TPSA) is 17.0 Å². The third kappa shape index (κ3) is 3.67. The normalized spacial score (nSPS) is 12.1. The van der Waals surface area contributed by atoms with Crippen LogP contribution in [0.4, 0.5) is 0 Å². The summed E-state index contributed by atoms with van der Waals surface area (Å²) < 4.78 is 2.27. The summed E-state index contributed by atoms with van der Waals surface area (Å²) in [6, 6.07) is 2.31. The Hall–Kier alpha value is -0.760. The van der Waals surface area contributed by atoms with E-state index in [0.29, 0.717) is 0 Å². The molecule has 0 saturated heterocycles. The van der Waals surface area contributed by atoms with E-state index < -0.39 is 0 Å². The first-order valence-corrected chi connectivity index (χ1v) is 6.18. The van der Waals surface area contributed by atoms with Gasteiger partial charge in [-0.3, -0.25) is 0 Å². The molecule has 0 aliphatic rings. The van der Waals surface area contributed by atoms with Crippen LogP contribution in [-0.2, 0) is 13.5 Å². The minimum Gasteiger partial charge on any atom is -0.352 e. The fourth-order valence-electron chi connectivity index (χ4n) is 1.93. The van der Waals surface area contributed by atoms with Crippen molar-refractivity contribution in [2.24, 2.45) is 7.05 Å². The van der Waals surface area contributed by atoms with Gasteiger partial charge in [0.15, 0.2) is 0 Å². The smallest absolute Gasteiger partial charge is 0.0175 e. The molecule has 0 bridgehead atoms. The molecule has 16 heavy (non-hydrogen) atoms. The second-order valence-electron chi connectivity index (χ2n) is 5.74. The second-order valence-corrected chi connectivity index (χ2v) is 5.74. The number of hydrogen-bond donors (Lipinski definition) is 1. The fourth-order valence-corrected chi connectivity index (χ4v) is 1.93. The summed E-state index contributed by atoms with van der Waals surface area (Å²) in [5, 5.41) is 3.53. The molecule has 1 N–H and O–H groups in total. The number of aryl methyl sites for hydroxylation is 2. The molecule has 0 aromatic carbocycles. The van der Waals surface area contributed by atoms with E-state index in [4.69, 9.17) is 0 Å². The van der Waals surface area contributed by atoms with Crippen molar-refractivity contribution in [3.05, 3.63) is 23.0 Å². The molecule has 2 nitrogen and oxygen atoms in total. The first-order chi connectivity index (χ1) is 7.31. The van der Waals surface area contributed by atoms with Crippen LogP contribution in [0.3, 0.4) is 0 Å². The molecule has 0 fully saturated rings. The third-order valence-corrected chi connectivity index (χ3v) is 3.16. The van der Waals surface area contributed by atoms with Crippen molar-refractivity contribution in [2.75, 3.05) is 6.54 Å². The second kappa shape index (κ2) is 5.05. The Kier molecular flexibility index (Phi) is 4.20.